The van der Waals surface area contributed by atoms with Crippen molar-refractivity contribution in [2.75, 3.05) is 26.1 Å². The molecule has 0 spiro atoms. The predicted octanol–water partition coefficient (Wildman–Crippen LogP) is 2.27. The van der Waals surface area contributed by atoms with Gasteiger partial charge in [0.1, 0.15) is 11.5 Å². The van der Waals surface area contributed by atoms with E-state index in [1.165, 1.54) is 6.21 Å². The van der Waals surface area contributed by atoms with Gasteiger partial charge in [0, 0.05) is 17.3 Å². The van der Waals surface area contributed by atoms with E-state index in [9.17, 15) is 4.79 Å². The van der Waals surface area contributed by atoms with Crippen molar-refractivity contribution in [1.29, 1.82) is 0 Å². The molecule has 0 aliphatic heterocycles. The fourth-order valence-corrected chi connectivity index (χ4v) is 1.88. The lowest BCUT2D eigenvalue weighted by atomic mass is 10.2. The molecule has 120 valence electrons. The third-order valence-electron chi connectivity index (χ3n) is 3.06. The highest BCUT2D eigenvalue weighted by Crippen LogP contribution is 2.22. The minimum absolute atomic E-state index is 0.140. The lowest BCUT2D eigenvalue weighted by Crippen LogP contribution is -2.25. The van der Waals surface area contributed by atoms with Crippen LogP contribution in [0.2, 0.25) is 0 Å². The van der Waals surface area contributed by atoms with Crippen LogP contribution in [0.3, 0.4) is 0 Å². The number of nitrogens with zero attached hydrogens (tertiary/aromatic N) is 1. The molecule has 0 aliphatic carbocycles. The Labute approximate surface area is 135 Å². The fourth-order valence-electron chi connectivity index (χ4n) is 1.88. The van der Waals surface area contributed by atoms with E-state index in [0.29, 0.717) is 11.5 Å². The Morgan fingerprint density at radius 1 is 1.13 bits per heavy atom. The molecule has 6 heteroatoms. The molecule has 0 heterocycles. The van der Waals surface area contributed by atoms with Crippen molar-refractivity contribution in [2.24, 2.45) is 5.10 Å². The number of benzene rings is 2. The number of hydrogen-bond donors (Lipinski definition) is 2. The first-order chi connectivity index (χ1) is 11.2. The molecule has 0 aliphatic rings. The Bertz CT molecular complexity index is 672. The molecule has 0 radical (unpaired) electrons. The Kier molecular flexibility index (Phi) is 5.99. The third-order valence-corrected chi connectivity index (χ3v) is 3.06. The molecule has 0 saturated heterocycles. The molecule has 0 atom stereocenters. The van der Waals surface area contributed by atoms with Gasteiger partial charge in [0.2, 0.25) is 0 Å². The number of carbonyl (C=O) groups is 1. The van der Waals surface area contributed by atoms with Crippen molar-refractivity contribution >= 4 is 17.8 Å². The first-order valence-corrected chi connectivity index (χ1v) is 7.06. The van der Waals surface area contributed by atoms with E-state index in [1.807, 2.05) is 30.3 Å². The standard InChI is InChI=1S/C17H19N3O3/c1-22-15-9-8-13(16(10-15)23-2)11-19-20-17(21)12-18-14-6-4-3-5-7-14/h3-11,18H,12H2,1-2H3,(H,20,21)/b19-11-. The highest BCUT2D eigenvalue weighted by atomic mass is 16.5. The van der Waals surface area contributed by atoms with Gasteiger partial charge in [-0.1, -0.05) is 18.2 Å². The lowest BCUT2D eigenvalue weighted by molar-refractivity contribution is -0.119. The first-order valence-electron chi connectivity index (χ1n) is 7.06. The summed E-state index contributed by atoms with van der Waals surface area (Å²) in [5, 5.41) is 6.94. The van der Waals surface area contributed by atoms with Crippen molar-refractivity contribution in [2.45, 2.75) is 0 Å². The van der Waals surface area contributed by atoms with E-state index in [0.717, 1.165) is 11.3 Å². The van der Waals surface area contributed by atoms with Crippen LogP contribution in [0.25, 0.3) is 0 Å². The van der Waals surface area contributed by atoms with E-state index in [-0.39, 0.29) is 12.5 Å². The number of carbonyl (C=O) groups excluding carboxylic acids is 1. The van der Waals surface area contributed by atoms with Gasteiger partial charge in [0.05, 0.1) is 27.0 Å². The normalized spacial score (nSPS) is 10.3. The molecule has 2 aromatic rings. The van der Waals surface area contributed by atoms with E-state index in [4.69, 9.17) is 9.47 Å². The molecular formula is C17H19N3O3. The quantitative estimate of drug-likeness (QED) is 0.607. The summed E-state index contributed by atoms with van der Waals surface area (Å²) in [6.07, 6.45) is 1.53. The van der Waals surface area contributed by atoms with Crippen molar-refractivity contribution in [3.05, 3.63) is 54.1 Å². The van der Waals surface area contributed by atoms with Gasteiger partial charge in [-0.2, -0.15) is 5.10 Å². The second kappa shape index (κ2) is 8.43. The van der Waals surface area contributed by atoms with E-state index >= 15 is 0 Å². The number of rotatable bonds is 7. The summed E-state index contributed by atoms with van der Waals surface area (Å²) in [7, 11) is 3.15. The van der Waals surface area contributed by atoms with Gasteiger partial charge < -0.3 is 14.8 Å². The molecule has 0 unspecified atom stereocenters. The second-order valence-electron chi connectivity index (χ2n) is 4.62. The Morgan fingerprint density at radius 2 is 1.91 bits per heavy atom. The largest absolute Gasteiger partial charge is 0.497 e. The zero-order chi connectivity index (χ0) is 16.5. The predicted molar refractivity (Wildman–Crippen MR) is 90.2 cm³/mol. The number of para-hydroxylation sites is 1. The molecule has 0 bridgehead atoms. The van der Waals surface area contributed by atoms with E-state index in [2.05, 4.69) is 15.8 Å². The van der Waals surface area contributed by atoms with Crippen LogP contribution in [-0.2, 0) is 4.79 Å². The van der Waals surface area contributed by atoms with Crippen LogP contribution in [0.1, 0.15) is 5.56 Å². The summed E-state index contributed by atoms with van der Waals surface area (Å²) in [4.78, 5) is 11.7. The zero-order valence-corrected chi connectivity index (χ0v) is 13.1. The van der Waals surface area contributed by atoms with E-state index in [1.54, 1.807) is 32.4 Å². The fraction of sp³-hybridized carbons (Fsp3) is 0.176. The molecule has 23 heavy (non-hydrogen) atoms. The van der Waals surface area contributed by atoms with Gasteiger partial charge in [0.25, 0.3) is 5.91 Å². The maximum absolute atomic E-state index is 11.7. The first kappa shape index (κ1) is 16.4. The summed E-state index contributed by atoms with van der Waals surface area (Å²) >= 11 is 0. The number of ether oxygens (including phenoxy) is 2. The van der Waals surface area contributed by atoms with Crippen LogP contribution < -0.4 is 20.2 Å². The molecule has 2 N–H and O–H groups in total. The summed E-state index contributed by atoms with van der Waals surface area (Å²) in [6.45, 7) is 0.140. The number of methoxy groups -OCH3 is 2. The lowest BCUT2D eigenvalue weighted by Gasteiger charge is -2.07. The Balaban J connectivity index is 1.87. The summed E-state index contributed by atoms with van der Waals surface area (Å²) < 4.78 is 10.4. The van der Waals surface area contributed by atoms with Crippen LogP contribution in [0.4, 0.5) is 5.69 Å². The number of hydrazone groups is 1. The van der Waals surface area contributed by atoms with Gasteiger partial charge in [-0.05, 0) is 24.3 Å². The Hall–Kier alpha value is -3.02. The zero-order valence-electron chi connectivity index (χ0n) is 13.1. The van der Waals surface area contributed by atoms with Crippen LogP contribution in [0, 0.1) is 0 Å². The Morgan fingerprint density at radius 3 is 2.61 bits per heavy atom. The molecule has 0 fully saturated rings. The molecular weight excluding hydrogens is 294 g/mol. The molecule has 1 amide bonds. The molecule has 2 aromatic carbocycles. The van der Waals surface area contributed by atoms with Crippen LogP contribution >= 0.6 is 0 Å². The SMILES string of the molecule is COc1ccc(/C=N\NC(=O)CNc2ccccc2)c(OC)c1. The van der Waals surface area contributed by atoms with Gasteiger partial charge in [0.15, 0.2) is 0 Å². The highest BCUT2D eigenvalue weighted by molar-refractivity contribution is 5.86. The van der Waals surface area contributed by atoms with E-state index < -0.39 is 0 Å². The maximum atomic E-state index is 11.7. The molecule has 0 saturated carbocycles. The highest BCUT2D eigenvalue weighted by Gasteiger charge is 2.03. The van der Waals surface area contributed by atoms with Gasteiger partial charge in [-0.25, -0.2) is 5.43 Å². The molecule has 2 rings (SSSR count). The maximum Gasteiger partial charge on any atom is 0.259 e. The third kappa shape index (κ3) is 5.03. The number of nitrogens with one attached hydrogen (secondary N) is 2. The smallest absolute Gasteiger partial charge is 0.259 e. The number of amides is 1. The van der Waals surface area contributed by atoms with Gasteiger partial charge in [-0.15, -0.1) is 0 Å². The topological polar surface area (TPSA) is 72.0 Å². The van der Waals surface area contributed by atoms with Crippen molar-refractivity contribution in [3.8, 4) is 11.5 Å². The van der Waals surface area contributed by atoms with Crippen LogP contribution in [0.5, 0.6) is 11.5 Å². The number of hydrogen-bond acceptors (Lipinski definition) is 5. The van der Waals surface area contributed by atoms with Crippen molar-refractivity contribution < 1.29 is 14.3 Å². The minimum atomic E-state index is -0.238. The molecule has 6 nitrogen and oxygen atoms in total. The monoisotopic (exact) mass is 313 g/mol. The van der Waals surface area contributed by atoms with Crippen LogP contribution in [-0.4, -0.2) is 32.9 Å². The van der Waals surface area contributed by atoms with Crippen molar-refractivity contribution in [1.82, 2.24) is 5.43 Å². The van der Waals surface area contributed by atoms with Crippen LogP contribution in [0.15, 0.2) is 53.6 Å². The second-order valence-corrected chi connectivity index (χ2v) is 4.62. The van der Waals surface area contributed by atoms with Gasteiger partial charge >= 0.3 is 0 Å². The van der Waals surface area contributed by atoms with Crippen molar-refractivity contribution in [3.63, 3.8) is 0 Å². The number of anilines is 1. The van der Waals surface area contributed by atoms with Gasteiger partial charge in [-0.3, -0.25) is 4.79 Å². The average Bonchev–Trinajstić information content (AvgIpc) is 2.61. The average molecular weight is 313 g/mol. The minimum Gasteiger partial charge on any atom is -0.497 e. The molecule has 0 aromatic heterocycles. The summed E-state index contributed by atoms with van der Waals surface area (Å²) in [6, 6.07) is 14.8. The summed E-state index contributed by atoms with van der Waals surface area (Å²) in [5.41, 5.74) is 4.08. The summed E-state index contributed by atoms with van der Waals surface area (Å²) in [5.74, 6) is 1.07.